The topological polar surface area (TPSA) is 68.0 Å². The number of benzene rings is 2. The van der Waals surface area contributed by atoms with Crippen LogP contribution in [-0.4, -0.2) is 16.0 Å². The Morgan fingerprint density at radius 1 is 1.13 bits per heavy atom. The fraction of sp³-hybridized carbons (Fsp3) is 0.167. The lowest BCUT2D eigenvalue weighted by molar-refractivity contribution is 0.102. The lowest BCUT2D eigenvalue weighted by Crippen LogP contribution is -2.12. The fourth-order valence-corrected chi connectivity index (χ4v) is 2.27. The Morgan fingerprint density at radius 2 is 1.87 bits per heavy atom. The second-order valence-corrected chi connectivity index (χ2v) is 5.20. The number of amides is 1. The van der Waals surface area contributed by atoms with Gasteiger partial charge in [-0.3, -0.25) is 4.79 Å². The van der Waals surface area contributed by atoms with Gasteiger partial charge in [-0.2, -0.15) is 4.98 Å². The minimum Gasteiger partial charge on any atom is -0.334 e. The van der Waals surface area contributed by atoms with Gasteiger partial charge in [-0.1, -0.05) is 36.3 Å². The van der Waals surface area contributed by atoms with Crippen molar-refractivity contribution in [2.75, 3.05) is 5.32 Å². The van der Waals surface area contributed by atoms with E-state index in [9.17, 15) is 4.79 Å². The van der Waals surface area contributed by atoms with Crippen molar-refractivity contribution in [2.45, 2.75) is 20.3 Å². The Morgan fingerprint density at radius 3 is 2.52 bits per heavy atom. The molecule has 0 bridgehead atoms. The lowest BCUT2D eigenvalue weighted by atomic mass is 10.1. The summed E-state index contributed by atoms with van der Waals surface area (Å²) in [4.78, 5) is 16.6. The third kappa shape index (κ3) is 3.29. The number of anilines is 1. The van der Waals surface area contributed by atoms with Crippen LogP contribution >= 0.6 is 0 Å². The first-order valence-corrected chi connectivity index (χ1v) is 7.47. The minimum absolute atomic E-state index is 0.170. The van der Waals surface area contributed by atoms with Crippen LogP contribution in [0.15, 0.2) is 53.1 Å². The molecule has 0 saturated carbocycles. The molecule has 0 unspecified atom stereocenters. The van der Waals surface area contributed by atoms with Gasteiger partial charge in [-0.05, 0) is 43.2 Å². The van der Waals surface area contributed by atoms with Crippen LogP contribution in [0.25, 0.3) is 11.5 Å². The first-order chi connectivity index (χ1) is 11.2. The second kappa shape index (κ2) is 6.44. The number of aryl methyl sites for hydroxylation is 2. The zero-order chi connectivity index (χ0) is 16.2. The monoisotopic (exact) mass is 307 g/mol. The molecule has 116 valence electrons. The van der Waals surface area contributed by atoms with E-state index in [0.29, 0.717) is 28.5 Å². The molecule has 5 nitrogen and oxygen atoms in total. The van der Waals surface area contributed by atoms with E-state index in [-0.39, 0.29) is 5.91 Å². The predicted octanol–water partition coefficient (Wildman–Crippen LogP) is 3.86. The summed E-state index contributed by atoms with van der Waals surface area (Å²) in [5.41, 5.74) is 3.15. The molecule has 0 radical (unpaired) electrons. The van der Waals surface area contributed by atoms with Crippen LogP contribution in [0.4, 0.5) is 5.69 Å². The summed E-state index contributed by atoms with van der Waals surface area (Å²) in [5.74, 6) is 0.771. The van der Waals surface area contributed by atoms with E-state index in [1.165, 1.54) is 5.56 Å². The summed E-state index contributed by atoms with van der Waals surface area (Å²) in [5, 5.41) is 6.70. The maximum atomic E-state index is 12.4. The fourth-order valence-electron chi connectivity index (χ4n) is 2.27. The van der Waals surface area contributed by atoms with Gasteiger partial charge in [0.15, 0.2) is 5.82 Å². The van der Waals surface area contributed by atoms with Gasteiger partial charge in [0.25, 0.3) is 11.8 Å². The zero-order valence-corrected chi connectivity index (χ0v) is 13.0. The summed E-state index contributed by atoms with van der Waals surface area (Å²) >= 11 is 0. The quantitative estimate of drug-likeness (QED) is 0.794. The molecule has 2 aromatic carbocycles. The summed E-state index contributed by atoms with van der Waals surface area (Å²) in [6.07, 6.45) is 0.946. The highest BCUT2D eigenvalue weighted by Crippen LogP contribution is 2.26. The summed E-state index contributed by atoms with van der Waals surface area (Å²) in [6.45, 7) is 3.83. The maximum absolute atomic E-state index is 12.4. The van der Waals surface area contributed by atoms with Crippen molar-refractivity contribution in [3.05, 3.63) is 65.5 Å². The van der Waals surface area contributed by atoms with Gasteiger partial charge in [-0.25, -0.2) is 0 Å². The van der Waals surface area contributed by atoms with Crippen LogP contribution in [0.5, 0.6) is 0 Å². The van der Waals surface area contributed by atoms with Crippen molar-refractivity contribution in [3.8, 4) is 11.5 Å². The molecule has 1 heterocycles. The number of hydrogen-bond donors (Lipinski definition) is 1. The number of aromatic nitrogens is 2. The van der Waals surface area contributed by atoms with E-state index in [1.807, 2.05) is 48.5 Å². The van der Waals surface area contributed by atoms with Crippen LogP contribution in [0.2, 0.25) is 0 Å². The third-order valence-electron chi connectivity index (χ3n) is 3.56. The highest BCUT2D eigenvalue weighted by molar-refractivity contribution is 6.06. The molecule has 0 aliphatic rings. The SMILES string of the molecule is CCc1ccc(C(=O)Nc2ccccc2-c2nc(C)no2)cc1. The van der Waals surface area contributed by atoms with Gasteiger partial charge >= 0.3 is 0 Å². The molecule has 1 N–H and O–H groups in total. The second-order valence-electron chi connectivity index (χ2n) is 5.20. The van der Waals surface area contributed by atoms with Gasteiger partial charge in [0, 0.05) is 5.56 Å². The Bertz CT molecular complexity index is 822. The molecule has 0 aliphatic heterocycles. The van der Waals surface area contributed by atoms with Crippen LogP contribution in [-0.2, 0) is 6.42 Å². The van der Waals surface area contributed by atoms with Gasteiger partial charge in [0.1, 0.15) is 0 Å². The highest BCUT2D eigenvalue weighted by atomic mass is 16.5. The summed E-state index contributed by atoms with van der Waals surface area (Å²) in [6, 6.07) is 14.9. The molecular weight excluding hydrogens is 290 g/mol. The molecule has 0 saturated heterocycles. The maximum Gasteiger partial charge on any atom is 0.260 e. The lowest BCUT2D eigenvalue weighted by Gasteiger charge is -2.09. The van der Waals surface area contributed by atoms with E-state index < -0.39 is 0 Å². The molecule has 3 rings (SSSR count). The number of nitrogens with zero attached hydrogens (tertiary/aromatic N) is 2. The molecule has 1 amide bonds. The largest absolute Gasteiger partial charge is 0.334 e. The highest BCUT2D eigenvalue weighted by Gasteiger charge is 2.14. The van der Waals surface area contributed by atoms with Crippen molar-refractivity contribution in [1.82, 2.24) is 10.1 Å². The van der Waals surface area contributed by atoms with Gasteiger partial charge in [-0.15, -0.1) is 0 Å². The van der Waals surface area contributed by atoms with E-state index in [2.05, 4.69) is 22.4 Å². The smallest absolute Gasteiger partial charge is 0.260 e. The van der Waals surface area contributed by atoms with E-state index >= 15 is 0 Å². The Labute approximate surface area is 134 Å². The predicted molar refractivity (Wildman–Crippen MR) is 88.2 cm³/mol. The van der Waals surface area contributed by atoms with Gasteiger partial charge < -0.3 is 9.84 Å². The molecule has 3 aromatic rings. The first-order valence-electron chi connectivity index (χ1n) is 7.47. The summed E-state index contributed by atoms with van der Waals surface area (Å²) in [7, 11) is 0. The van der Waals surface area contributed by atoms with Crippen molar-refractivity contribution in [3.63, 3.8) is 0 Å². The minimum atomic E-state index is -0.170. The van der Waals surface area contributed by atoms with Crippen molar-refractivity contribution >= 4 is 11.6 Å². The normalized spacial score (nSPS) is 10.5. The Kier molecular flexibility index (Phi) is 4.19. The number of rotatable bonds is 4. The molecule has 5 heteroatoms. The van der Waals surface area contributed by atoms with Crippen LogP contribution in [0.3, 0.4) is 0 Å². The molecule has 0 aliphatic carbocycles. The zero-order valence-electron chi connectivity index (χ0n) is 13.0. The third-order valence-corrected chi connectivity index (χ3v) is 3.56. The van der Waals surface area contributed by atoms with Crippen LogP contribution in [0, 0.1) is 6.92 Å². The first kappa shape index (κ1) is 15.0. The standard InChI is InChI=1S/C18H17N3O2/c1-3-13-8-10-14(11-9-13)17(22)20-16-7-5-4-6-15(16)18-19-12(2)21-23-18/h4-11H,3H2,1-2H3,(H,20,22). The molecular formula is C18H17N3O2. The van der Waals surface area contributed by atoms with E-state index in [1.54, 1.807) is 6.92 Å². The number of nitrogens with one attached hydrogen (secondary N) is 1. The molecule has 0 fully saturated rings. The van der Waals surface area contributed by atoms with E-state index in [4.69, 9.17) is 4.52 Å². The van der Waals surface area contributed by atoms with Gasteiger partial charge in [0.2, 0.25) is 0 Å². The van der Waals surface area contributed by atoms with Crippen molar-refractivity contribution in [1.29, 1.82) is 0 Å². The summed E-state index contributed by atoms with van der Waals surface area (Å²) < 4.78 is 5.20. The van der Waals surface area contributed by atoms with Crippen molar-refractivity contribution < 1.29 is 9.32 Å². The van der Waals surface area contributed by atoms with E-state index in [0.717, 1.165) is 6.42 Å². The Balaban J connectivity index is 1.86. The number of hydrogen-bond acceptors (Lipinski definition) is 4. The molecule has 1 aromatic heterocycles. The van der Waals surface area contributed by atoms with Crippen LogP contribution < -0.4 is 5.32 Å². The number of carbonyl (C=O) groups is 1. The average Bonchev–Trinajstić information content (AvgIpc) is 3.01. The average molecular weight is 307 g/mol. The van der Waals surface area contributed by atoms with Crippen molar-refractivity contribution in [2.24, 2.45) is 0 Å². The van der Waals surface area contributed by atoms with Crippen LogP contribution in [0.1, 0.15) is 28.7 Å². The number of para-hydroxylation sites is 1. The molecule has 23 heavy (non-hydrogen) atoms. The van der Waals surface area contributed by atoms with Gasteiger partial charge in [0.05, 0.1) is 11.3 Å². The number of carbonyl (C=O) groups excluding carboxylic acids is 1. The Hall–Kier alpha value is -2.95. The molecule has 0 spiro atoms. The molecule has 0 atom stereocenters.